The van der Waals surface area contributed by atoms with Crippen molar-refractivity contribution in [3.05, 3.63) is 11.6 Å². The molecule has 1 aliphatic carbocycles. The van der Waals surface area contributed by atoms with Crippen molar-refractivity contribution in [1.82, 2.24) is 4.90 Å². The molecule has 0 aromatic carbocycles. The molecule has 3 rings (SSSR count). The number of rotatable bonds is 0. The SMILES string of the molecule is CC1=CCN2C[C@H]3CCCC[C@@H]3[C@@](C)(O)[C@@H]2C1. The van der Waals surface area contributed by atoms with Gasteiger partial charge in [0.1, 0.15) is 0 Å². The van der Waals surface area contributed by atoms with Crippen LogP contribution in [0.25, 0.3) is 0 Å². The summed E-state index contributed by atoms with van der Waals surface area (Å²) < 4.78 is 0. The lowest BCUT2D eigenvalue weighted by atomic mass is 9.63. The topological polar surface area (TPSA) is 23.5 Å². The van der Waals surface area contributed by atoms with Gasteiger partial charge in [0.05, 0.1) is 5.60 Å². The summed E-state index contributed by atoms with van der Waals surface area (Å²) in [7, 11) is 0. The van der Waals surface area contributed by atoms with E-state index in [0.717, 1.165) is 18.9 Å². The first-order chi connectivity index (χ1) is 8.09. The van der Waals surface area contributed by atoms with Crippen molar-refractivity contribution >= 4 is 0 Å². The zero-order valence-electron chi connectivity index (χ0n) is 11.2. The quantitative estimate of drug-likeness (QED) is 0.652. The van der Waals surface area contributed by atoms with Crippen LogP contribution >= 0.6 is 0 Å². The Hall–Kier alpha value is -0.340. The average molecular weight is 235 g/mol. The minimum Gasteiger partial charge on any atom is -0.388 e. The Morgan fingerprint density at radius 3 is 2.94 bits per heavy atom. The molecule has 96 valence electrons. The minimum atomic E-state index is -0.473. The monoisotopic (exact) mass is 235 g/mol. The van der Waals surface area contributed by atoms with E-state index < -0.39 is 5.60 Å². The van der Waals surface area contributed by atoms with Gasteiger partial charge in [0, 0.05) is 19.1 Å². The first-order valence-corrected chi connectivity index (χ1v) is 7.21. The Bertz CT molecular complexity index is 334. The molecule has 2 nitrogen and oxygen atoms in total. The smallest absolute Gasteiger partial charge is 0.0808 e. The lowest BCUT2D eigenvalue weighted by molar-refractivity contribution is -0.143. The van der Waals surface area contributed by atoms with Gasteiger partial charge in [-0.3, -0.25) is 4.90 Å². The fourth-order valence-corrected chi connectivity index (χ4v) is 4.44. The summed E-state index contributed by atoms with van der Waals surface area (Å²) in [5.41, 5.74) is 0.986. The molecule has 1 N–H and O–H groups in total. The number of hydrogen-bond donors (Lipinski definition) is 1. The van der Waals surface area contributed by atoms with Crippen molar-refractivity contribution in [3.63, 3.8) is 0 Å². The Morgan fingerprint density at radius 2 is 2.12 bits per heavy atom. The van der Waals surface area contributed by atoms with E-state index in [0.29, 0.717) is 12.0 Å². The van der Waals surface area contributed by atoms with Gasteiger partial charge in [-0.2, -0.15) is 0 Å². The molecule has 0 aromatic heterocycles. The van der Waals surface area contributed by atoms with Crippen LogP contribution < -0.4 is 0 Å². The number of aliphatic hydroxyl groups is 1. The highest BCUT2D eigenvalue weighted by molar-refractivity contribution is 5.15. The number of piperidine rings is 1. The van der Waals surface area contributed by atoms with Crippen LogP contribution in [-0.4, -0.2) is 34.7 Å². The summed E-state index contributed by atoms with van der Waals surface area (Å²) >= 11 is 0. The van der Waals surface area contributed by atoms with Gasteiger partial charge in [-0.05, 0) is 44.9 Å². The second kappa shape index (κ2) is 4.10. The number of fused-ring (bicyclic) bond motifs is 2. The van der Waals surface area contributed by atoms with E-state index in [1.807, 2.05) is 0 Å². The highest BCUT2D eigenvalue weighted by atomic mass is 16.3. The number of nitrogens with zero attached hydrogens (tertiary/aromatic N) is 1. The van der Waals surface area contributed by atoms with Gasteiger partial charge in [-0.15, -0.1) is 0 Å². The summed E-state index contributed by atoms with van der Waals surface area (Å²) in [4.78, 5) is 2.53. The molecule has 2 fully saturated rings. The second-order valence-corrected chi connectivity index (χ2v) is 6.60. The first-order valence-electron chi connectivity index (χ1n) is 7.21. The first kappa shape index (κ1) is 11.7. The molecule has 1 saturated heterocycles. The van der Waals surface area contributed by atoms with Gasteiger partial charge in [-0.1, -0.05) is 24.5 Å². The fraction of sp³-hybridized carbons (Fsp3) is 0.867. The third-order valence-electron chi connectivity index (χ3n) is 5.43. The van der Waals surface area contributed by atoms with Crippen LogP contribution in [0.3, 0.4) is 0 Å². The van der Waals surface area contributed by atoms with Crippen molar-refractivity contribution in [3.8, 4) is 0 Å². The van der Waals surface area contributed by atoms with Crippen molar-refractivity contribution in [1.29, 1.82) is 0 Å². The molecule has 2 heterocycles. The maximum atomic E-state index is 11.0. The Kier molecular flexibility index (Phi) is 2.83. The largest absolute Gasteiger partial charge is 0.388 e. The van der Waals surface area contributed by atoms with Gasteiger partial charge in [0.15, 0.2) is 0 Å². The summed E-state index contributed by atoms with van der Waals surface area (Å²) in [5.74, 6) is 1.28. The van der Waals surface area contributed by atoms with E-state index in [1.165, 1.54) is 37.8 Å². The second-order valence-electron chi connectivity index (χ2n) is 6.60. The molecular weight excluding hydrogens is 210 g/mol. The van der Waals surface area contributed by atoms with Crippen molar-refractivity contribution in [2.24, 2.45) is 11.8 Å². The van der Waals surface area contributed by atoms with Gasteiger partial charge in [0.25, 0.3) is 0 Å². The highest BCUT2D eigenvalue weighted by Gasteiger charge is 2.51. The maximum Gasteiger partial charge on any atom is 0.0808 e. The van der Waals surface area contributed by atoms with E-state index in [1.54, 1.807) is 0 Å². The molecule has 0 unspecified atom stereocenters. The van der Waals surface area contributed by atoms with Gasteiger partial charge >= 0.3 is 0 Å². The third kappa shape index (κ3) is 1.86. The van der Waals surface area contributed by atoms with Crippen molar-refractivity contribution in [2.45, 2.75) is 57.6 Å². The molecule has 0 radical (unpaired) electrons. The normalized spacial score (nSPS) is 47.0. The van der Waals surface area contributed by atoms with Crippen LogP contribution in [0, 0.1) is 11.8 Å². The summed E-state index contributed by atoms with van der Waals surface area (Å²) in [6.07, 6.45) is 8.66. The van der Waals surface area contributed by atoms with Crippen LogP contribution in [0.4, 0.5) is 0 Å². The summed E-state index contributed by atoms with van der Waals surface area (Å²) in [6, 6.07) is 0.367. The van der Waals surface area contributed by atoms with Gasteiger partial charge in [0.2, 0.25) is 0 Å². The Labute approximate surface area is 105 Å². The van der Waals surface area contributed by atoms with E-state index in [4.69, 9.17) is 0 Å². The molecule has 2 heteroatoms. The zero-order valence-corrected chi connectivity index (χ0v) is 11.2. The minimum absolute atomic E-state index is 0.367. The van der Waals surface area contributed by atoms with Gasteiger partial charge < -0.3 is 5.11 Å². The van der Waals surface area contributed by atoms with E-state index >= 15 is 0 Å². The van der Waals surface area contributed by atoms with Crippen LogP contribution in [0.15, 0.2) is 11.6 Å². The van der Waals surface area contributed by atoms with Crippen LogP contribution in [0.5, 0.6) is 0 Å². The molecule has 4 atom stereocenters. The zero-order chi connectivity index (χ0) is 12.0. The molecule has 0 spiro atoms. The summed E-state index contributed by atoms with van der Waals surface area (Å²) in [6.45, 7) is 6.58. The maximum absolute atomic E-state index is 11.0. The van der Waals surface area contributed by atoms with Crippen LogP contribution in [0.2, 0.25) is 0 Å². The molecule has 0 bridgehead atoms. The molecule has 3 aliphatic rings. The predicted octanol–water partition coefficient (Wildman–Crippen LogP) is 2.58. The van der Waals surface area contributed by atoms with E-state index in [2.05, 4.69) is 24.8 Å². The molecular formula is C15H25NO. The molecule has 0 aromatic rings. The number of hydrogen-bond acceptors (Lipinski definition) is 2. The molecule has 1 saturated carbocycles. The molecule has 17 heavy (non-hydrogen) atoms. The van der Waals surface area contributed by atoms with E-state index in [9.17, 15) is 5.11 Å². The molecule has 2 aliphatic heterocycles. The molecule has 0 amide bonds. The Morgan fingerprint density at radius 1 is 1.35 bits per heavy atom. The van der Waals surface area contributed by atoms with Gasteiger partial charge in [-0.25, -0.2) is 0 Å². The lowest BCUT2D eigenvalue weighted by Gasteiger charge is -2.56. The van der Waals surface area contributed by atoms with E-state index in [-0.39, 0.29) is 0 Å². The van der Waals surface area contributed by atoms with Crippen LogP contribution in [-0.2, 0) is 0 Å². The standard InChI is InChI=1S/C15H25NO/c1-11-7-8-16-10-12-5-3-4-6-13(12)15(2,17)14(16)9-11/h7,12-14,17H,3-6,8-10H2,1-2H3/t12-,13+,14+,15-/m1/s1. The van der Waals surface area contributed by atoms with Crippen LogP contribution in [0.1, 0.15) is 46.0 Å². The van der Waals surface area contributed by atoms with Crippen molar-refractivity contribution in [2.75, 3.05) is 13.1 Å². The average Bonchev–Trinajstić information content (AvgIpc) is 2.31. The fourth-order valence-electron chi connectivity index (χ4n) is 4.44. The predicted molar refractivity (Wildman–Crippen MR) is 69.8 cm³/mol. The highest BCUT2D eigenvalue weighted by Crippen LogP contribution is 2.46. The third-order valence-corrected chi connectivity index (χ3v) is 5.43. The Balaban J connectivity index is 1.88. The summed E-state index contributed by atoms with van der Waals surface area (Å²) in [5, 5.41) is 11.0. The lowest BCUT2D eigenvalue weighted by Crippen LogP contribution is -2.64. The van der Waals surface area contributed by atoms with Crippen molar-refractivity contribution < 1.29 is 5.11 Å².